The highest BCUT2D eigenvalue weighted by Gasteiger charge is 2.38. The SMILES string of the molecule is CC(C)(C)OC(=O)Nc1ccc(C(=O)Nc2ccc3cc(C#N)ccc3c2)cc1.O=C(O)C(F)(F)F. The van der Waals surface area contributed by atoms with E-state index in [4.69, 9.17) is 19.9 Å². The number of carboxylic acids is 1. The molecule has 0 aromatic heterocycles. The largest absolute Gasteiger partial charge is 0.490 e. The predicted octanol–water partition coefficient (Wildman–Crippen LogP) is 5.94. The Hall–Kier alpha value is -4.59. The van der Waals surface area contributed by atoms with E-state index in [0.29, 0.717) is 22.5 Å². The molecule has 0 fully saturated rings. The molecule has 0 unspecified atom stereocenters. The van der Waals surface area contributed by atoms with E-state index in [1.807, 2.05) is 18.2 Å². The first-order valence-corrected chi connectivity index (χ1v) is 10.3. The van der Waals surface area contributed by atoms with E-state index in [1.54, 1.807) is 63.2 Å². The number of halogens is 3. The minimum Gasteiger partial charge on any atom is -0.475 e. The maximum absolute atomic E-state index is 12.5. The first-order chi connectivity index (χ1) is 16.7. The number of nitriles is 1. The number of fused-ring (bicyclic) bond motifs is 1. The number of carbonyl (C=O) groups is 3. The lowest BCUT2D eigenvalue weighted by Gasteiger charge is -2.19. The summed E-state index contributed by atoms with van der Waals surface area (Å²) in [6, 6.07) is 19.5. The molecule has 0 spiro atoms. The third-order valence-electron chi connectivity index (χ3n) is 4.26. The molecule has 11 heteroatoms. The van der Waals surface area contributed by atoms with E-state index in [-0.39, 0.29) is 5.91 Å². The zero-order valence-corrected chi connectivity index (χ0v) is 19.4. The van der Waals surface area contributed by atoms with E-state index in [9.17, 15) is 22.8 Å². The number of amides is 2. The topological polar surface area (TPSA) is 129 Å². The lowest BCUT2D eigenvalue weighted by Crippen LogP contribution is -2.27. The van der Waals surface area contributed by atoms with Crippen LogP contribution in [-0.4, -0.2) is 34.9 Å². The van der Waals surface area contributed by atoms with Crippen LogP contribution < -0.4 is 10.6 Å². The second kappa shape index (κ2) is 11.2. The van der Waals surface area contributed by atoms with Crippen LogP contribution in [0.4, 0.5) is 29.3 Å². The number of carboxylic acid groups (broad SMARTS) is 1. The third-order valence-corrected chi connectivity index (χ3v) is 4.26. The zero-order valence-electron chi connectivity index (χ0n) is 19.4. The van der Waals surface area contributed by atoms with Gasteiger partial charge in [-0.1, -0.05) is 12.1 Å². The van der Waals surface area contributed by atoms with Gasteiger partial charge in [0.15, 0.2) is 0 Å². The van der Waals surface area contributed by atoms with E-state index >= 15 is 0 Å². The van der Waals surface area contributed by atoms with Gasteiger partial charge in [0.1, 0.15) is 5.60 Å². The van der Waals surface area contributed by atoms with Crippen LogP contribution in [0.5, 0.6) is 0 Å². The lowest BCUT2D eigenvalue weighted by atomic mass is 10.1. The van der Waals surface area contributed by atoms with Gasteiger partial charge in [-0.2, -0.15) is 18.4 Å². The van der Waals surface area contributed by atoms with Crippen LogP contribution in [0.2, 0.25) is 0 Å². The van der Waals surface area contributed by atoms with Crippen molar-refractivity contribution >= 4 is 40.1 Å². The molecule has 188 valence electrons. The summed E-state index contributed by atoms with van der Waals surface area (Å²) in [6.45, 7) is 5.36. The van der Waals surface area contributed by atoms with Crippen LogP contribution in [-0.2, 0) is 9.53 Å². The second-order valence-electron chi connectivity index (χ2n) is 8.35. The molecule has 0 aliphatic rings. The molecule has 0 bridgehead atoms. The minimum absolute atomic E-state index is 0.262. The fraction of sp³-hybridized carbons (Fsp3) is 0.200. The van der Waals surface area contributed by atoms with Crippen LogP contribution >= 0.6 is 0 Å². The van der Waals surface area contributed by atoms with Gasteiger partial charge in [0.05, 0.1) is 11.6 Å². The Morgan fingerprint density at radius 3 is 1.92 bits per heavy atom. The van der Waals surface area contributed by atoms with Gasteiger partial charge in [0.25, 0.3) is 5.91 Å². The van der Waals surface area contributed by atoms with Crippen molar-refractivity contribution in [3.63, 3.8) is 0 Å². The highest BCUT2D eigenvalue weighted by atomic mass is 19.4. The average molecular weight is 501 g/mol. The quantitative estimate of drug-likeness (QED) is 0.407. The molecule has 0 radical (unpaired) electrons. The average Bonchev–Trinajstić information content (AvgIpc) is 2.77. The number of nitrogens with one attached hydrogen (secondary N) is 2. The second-order valence-corrected chi connectivity index (χ2v) is 8.35. The Kier molecular flexibility index (Phi) is 8.62. The van der Waals surface area contributed by atoms with Crippen molar-refractivity contribution in [2.45, 2.75) is 32.5 Å². The van der Waals surface area contributed by atoms with Gasteiger partial charge >= 0.3 is 18.2 Å². The van der Waals surface area contributed by atoms with Crippen molar-refractivity contribution < 1.29 is 37.4 Å². The number of ether oxygens (including phenoxy) is 1. The molecule has 3 aromatic carbocycles. The summed E-state index contributed by atoms with van der Waals surface area (Å²) in [5.41, 5.74) is 1.66. The molecular weight excluding hydrogens is 479 g/mol. The number of anilines is 2. The predicted molar refractivity (Wildman–Crippen MR) is 127 cm³/mol. The highest BCUT2D eigenvalue weighted by molar-refractivity contribution is 6.05. The van der Waals surface area contributed by atoms with Crippen molar-refractivity contribution in [1.82, 2.24) is 0 Å². The van der Waals surface area contributed by atoms with E-state index in [0.717, 1.165) is 10.8 Å². The van der Waals surface area contributed by atoms with Crippen LogP contribution in [0.3, 0.4) is 0 Å². The van der Waals surface area contributed by atoms with E-state index in [1.165, 1.54) is 0 Å². The first-order valence-electron chi connectivity index (χ1n) is 10.3. The van der Waals surface area contributed by atoms with Gasteiger partial charge in [-0.05, 0) is 80.1 Å². The number of alkyl halides is 3. The molecule has 0 aliphatic carbocycles. The molecule has 2 amide bonds. The fourth-order valence-corrected chi connectivity index (χ4v) is 2.72. The number of nitrogens with zero attached hydrogens (tertiary/aromatic N) is 1. The van der Waals surface area contributed by atoms with Crippen LogP contribution in [0, 0.1) is 11.3 Å². The Balaban J connectivity index is 0.000000572. The fourth-order valence-electron chi connectivity index (χ4n) is 2.72. The number of hydrogen-bond acceptors (Lipinski definition) is 5. The Morgan fingerprint density at radius 1 is 0.861 bits per heavy atom. The monoisotopic (exact) mass is 501 g/mol. The highest BCUT2D eigenvalue weighted by Crippen LogP contribution is 2.21. The first kappa shape index (κ1) is 27.7. The summed E-state index contributed by atoms with van der Waals surface area (Å²) in [7, 11) is 0. The van der Waals surface area contributed by atoms with Crippen LogP contribution in [0.25, 0.3) is 10.8 Å². The molecule has 3 N–H and O–H groups in total. The van der Waals surface area contributed by atoms with E-state index in [2.05, 4.69) is 16.7 Å². The molecule has 0 saturated heterocycles. The third kappa shape index (κ3) is 8.64. The molecule has 3 rings (SSSR count). The van der Waals surface area contributed by atoms with Gasteiger partial charge in [0.2, 0.25) is 0 Å². The smallest absolute Gasteiger partial charge is 0.475 e. The van der Waals surface area contributed by atoms with Gasteiger partial charge in [-0.25, -0.2) is 9.59 Å². The summed E-state index contributed by atoms with van der Waals surface area (Å²) in [5, 5.41) is 23.4. The molecule has 8 nitrogen and oxygen atoms in total. The number of carbonyl (C=O) groups excluding carboxylic acids is 2. The minimum atomic E-state index is -5.08. The summed E-state index contributed by atoms with van der Waals surface area (Å²) < 4.78 is 36.9. The molecule has 0 saturated carbocycles. The summed E-state index contributed by atoms with van der Waals surface area (Å²) in [6.07, 6.45) is -5.63. The van der Waals surface area contributed by atoms with Gasteiger partial charge in [-0.15, -0.1) is 0 Å². The van der Waals surface area contributed by atoms with Gasteiger partial charge < -0.3 is 15.2 Å². The molecule has 0 aliphatic heterocycles. The van der Waals surface area contributed by atoms with E-state index < -0.39 is 23.8 Å². The molecule has 36 heavy (non-hydrogen) atoms. The molecule has 3 aromatic rings. The van der Waals surface area contributed by atoms with Crippen molar-refractivity contribution in [3.05, 3.63) is 71.8 Å². The van der Waals surface area contributed by atoms with Gasteiger partial charge in [-0.3, -0.25) is 10.1 Å². The number of benzene rings is 3. The lowest BCUT2D eigenvalue weighted by molar-refractivity contribution is -0.192. The summed E-state index contributed by atoms with van der Waals surface area (Å²) >= 11 is 0. The van der Waals surface area contributed by atoms with Crippen molar-refractivity contribution in [2.24, 2.45) is 0 Å². The Labute approximate surface area is 204 Å². The number of aliphatic carboxylic acids is 1. The summed E-state index contributed by atoms with van der Waals surface area (Å²) in [4.78, 5) is 33.2. The van der Waals surface area contributed by atoms with Crippen LogP contribution in [0.1, 0.15) is 36.7 Å². The standard InChI is InChI=1S/C23H21N3O3.C2HF3O2/c1-23(2,3)29-22(28)26-19-9-6-16(7-10-19)21(27)25-20-11-8-17-12-15(14-24)4-5-18(17)13-20;3-2(4,5)1(6)7/h4-13H,1-3H3,(H,25,27)(H,26,28);(H,6,7). The normalized spacial score (nSPS) is 10.9. The Bertz CT molecular complexity index is 1310. The zero-order chi connectivity index (χ0) is 27.1. The maximum atomic E-state index is 12.5. The summed E-state index contributed by atoms with van der Waals surface area (Å²) in [5.74, 6) is -3.02. The van der Waals surface area contributed by atoms with Crippen LogP contribution in [0.15, 0.2) is 60.7 Å². The molecular formula is C25H22F3N3O5. The van der Waals surface area contributed by atoms with Crippen molar-refractivity contribution in [3.8, 4) is 6.07 Å². The van der Waals surface area contributed by atoms with Gasteiger partial charge in [0, 0.05) is 16.9 Å². The molecule has 0 heterocycles. The van der Waals surface area contributed by atoms with Crippen molar-refractivity contribution in [1.29, 1.82) is 5.26 Å². The maximum Gasteiger partial charge on any atom is 0.490 e. The number of hydrogen-bond donors (Lipinski definition) is 3. The molecule has 0 atom stereocenters. The number of rotatable bonds is 3. The Morgan fingerprint density at radius 2 is 1.39 bits per heavy atom. The van der Waals surface area contributed by atoms with Crippen molar-refractivity contribution in [2.75, 3.05) is 10.6 Å².